The molecule has 0 fully saturated rings. The fraction of sp³-hybridized carbons (Fsp3) is 0.308. The average molecular weight is 282 g/mol. The minimum atomic E-state index is -1.12. The SMILES string of the molecule is CN(Cc1ccccc1F)C(=O)NC(=O)CCC(=O)O. The van der Waals surface area contributed by atoms with Gasteiger partial charge in [0.15, 0.2) is 0 Å². The molecule has 0 aliphatic carbocycles. The Kier molecular flexibility index (Phi) is 5.64. The number of nitrogens with one attached hydrogen (secondary N) is 1. The third-order valence-electron chi connectivity index (χ3n) is 2.52. The van der Waals surface area contributed by atoms with Crippen LogP contribution in [0.3, 0.4) is 0 Å². The summed E-state index contributed by atoms with van der Waals surface area (Å²) in [7, 11) is 1.41. The van der Waals surface area contributed by atoms with E-state index in [0.29, 0.717) is 5.56 Å². The molecule has 3 amide bonds. The van der Waals surface area contributed by atoms with E-state index in [9.17, 15) is 18.8 Å². The summed E-state index contributed by atoms with van der Waals surface area (Å²) >= 11 is 0. The van der Waals surface area contributed by atoms with Gasteiger partial charge in [0.05, 0.1) is 6.42 Å². The molecule has 0 atom stereocenters. The molecule has 0 bridgehead atoms. The van der Waals surface area contributed by atoms with Gasteiger partial charge in [-0.2, -0.15) is 0 Å². The highest BCUT2D eigenvalue weighted by atomic mass is 19.1. The number of rotatable bonds is 5. The Morgan fingerprint density at radius 1 is 1.25 bits per heavy atom. The van der Waals surface area contributed by atoms with E-state index in [0.717, 1.165) is 4.90 Å². The molecule has 0 aliphatic heterocycles. The molecule has 0 saturated carbocycles. The first-order valence-electron chi connectivity index (χ1n) is 5.90. The van der Waals surface area contributed by atoms with E-state index in [-0.39, 0.29) is 19.4 Å². The molecule has 2 N–H and O–H groups in total. The Hall–Kier alpha value is -2.44. The van der Waals surface area contributed by atoms with Crippen molar-refractivity contribution in [1.82, 2.24) is 10.2 Å². The lowest BCUT2D eigenvalue weighted by Crippen LogP contribution is -2.40. The summed E-state index contributed by atoms with van der Waals surface area (Å²) in [5.41, 5.74) is 0.322. The number of aliphatic carboxylic acids is 1. The summed E-state index contributed by atoms with van der Waals surface area (Å²) in [5, 5.41) is 10.5. The maximum atomic E-state index is 13.4. The number of carboxylic acids is 1. The maximum Gasteiger partial charge on any atom is 0.324 e. The van der Waals surface area contributed by atoms with Crippen molar-refractivity contribution in [2.75, 3.05) is 7.05 Å². The summed E-state index contributed by atoms with van der Waals surface area (Å²) in [5.74, 6) is -2.24. The first kappa shape index (κ1) is 15.6. The van der Waals surface area contributed by atoms with Crippen molar-refractivity contribution in [3.8, 4) is 0 Å². The Balaban J connectivity index is 2.49. The molecule has 1 aromatic rings. The normalized spacial score (nSPS) is 9.90. The number of carbonyl (C=O) groups is 3. The van der Waals surface area contributed by atoms with Crippen molar-refractivity contribution in [3.05, 3.63) is 35.6 Å². The van der Waals surface area contributed by atoms with E-state index < -0.39 is 23.7 Å². The predicted molar refractivity (Wildman–Crippen MR) is 68.3 cm³/mol. The number of nitrogens with zero attached hydrogens (tertiary/aromatic N) is 1. The van der Waals surface area contributed by atoms with Crippen LogP contribution in [-0.4, -0.2) is 35.0 Å². The monoisotopic (exact) mass is 282 g/mol. The number of carboxylic acid groups (broad SMARTS) is 1. The highest BCUT2D eigenvalue weighted by Crippen LogP contribution is 2.08. The molecule has 20 heavy (non-hydrogen) atoms. The van der Waals surface area contributed by atoms with Gasteiger partial charge >= 0.3 is 12.0 Å². The molecule has 0 spiro atoms. The zero-order valence-corrected chi connectivity index (χ0v) is 10.9. The number of amides is 3. The van der Waals surface area contributed by atoms with E-state index >= 15 is 0 Å². The molecule has 0 saturated heterocycles. The minimum absolute atomic E-state index is 0.00468. The van der Waals surface area contributed by atoms with Crippen LogP contribution < -0.4 is 5.32 Å². The zero-order valence-electron chi connectivity index (χ0n) is 10.9. The lowest BCUT2D eigenvalue weighted by atomic mass is 10.2. The molecule has 1 aromatic carbocycles. The third kappa shape index (κ3) is 5.05. The van der Waals surface area contributed by atoms with Gasteiger partial charge in [-0.1, -0.05) is 18.2 Å². The van der Waals surface area contributed by atoms with Crippen molar-refractivity contribution < 1.29 is 23.9 Å². The van der Waals surface area contributed by atoms with E-state index in [4.69, 9.17) is 5.11 Å². The first-order valence-corrected chi connectivity index (χ1v) is 5.90. The molecule has 0 radical (unpaired) electrons. The summed E-state index contributed by atoms with van der Waals surface area (Å²) in [4.78, 5) is 34.3. The van der Waals surface area contributed by atoms with Gasteiger partial charge in [-0.05, 0) is 6.07 Å². The summed E-state index contributed by atoms with van der Waals surface area (Å²) < 4.78 is 13.4. The zero-order chi connectivity index (χ0) is 15.1. The average Bonchev–Trinajstić information content (AvgIpc) is 2.39. The van der Waals surface area contributed by atoms with E-state index in [2.05, 4.69) is 0 Å². The van der Waals surface area contributed by atoms with Gasteiger partial charge in [-0.25, -0.2) is 9.18 Å². The minimum Gasteiger partial charge on any atom is -0.481 e. The number of carbonyl (C=O) groups excluding carboxylic acids is 2. The Morgan fingerprint density at radius 3 is 2.50 bits per heavy atom. The standard InChI is InChI=1S/C13H15FN2O4/c1-16(8-9-4-2-3-5-10(9)14)13(20)15-11(17)6-7-12(18)19/h2-5H,6-8H2,1H3,(H,18,19)(H,15,17,20). The number of hydrogen-bond acceptors (Lipinski definition) is 3. The second-order valence-electron chi connectivity index (χ2n) is 4.19. The summed E-state index contributed by atoms with van der Waals surface area (Å²) in [6.07, 6.45) is -0.634. The van der Waals surface area contributed by atoms with Crippen LogP contribution in [0.4, 0.5) is 9.18 Å². The fourth-order valence-corrected chi connectivity index (χ4v) is 1.45. The second kappa shape index (κ2) is 7.22. The van der Waals surface area contributed by atoms with Crippen LogP contribution >= 0.6 is 0 Å². The second-order valence-corrected chi connectivity index (χ2v) is 4.19. The van der Waals surface area contributed by atoms with Crippen molar-refractivity contribution in [2.45, 2.75) is 19.4 Å². The predicted octanol–water partition coefficient (Wildman–Crippen LogP) is 1.36. The number of halogens is 1. The molecule has 0 heterocycles. The van der Waals surface area contributed by atoms with E-state index in [1.165, 1.54) is 25.2 Å². The molecular weight excluding hydrogens is 267 g/mol. The summed E-state index contributed by atoms with van der Waals surface area (Å²) in [6.45, 7) is 0.00468. The van der Waals surface area contributed by atoms with Crippen molar-refractivity contribution in [2.24, 2.45) is 0 Å². The smallest absolute Gasteiger partial charge is 0.324 e. The van der Waals surface area contributed by atoms with Crippen LogP contribution in [0.5, 0.6) is 0 Å². The quantitative estimate of drug-likeness (QED) is 0.853. The van der Waals surface area contributed by atoms with Gasteiger partial charge in [-0.15, -0.1) is 0 Å². The number of hydrogen-bond donors (Lipinski definition) is 2. The number of imide groups is 1. The molecule has 7 heteroatoms. The highest BCUT2D eigenvalue weighted by Gasteiger charge is 2.14. The Morgan fingerprint density at radius 2 is 1.90 bits per heavy atom. The van der Waals surface area contributed by atoms with Crippen LogP contribution in [0.1, 0.15) is 18.4 Å². The molecule has 6 nitrogen and oxygen atoms in total. The number of benzene rings is 1. The van der Waals surface area contributed by atoms with Crippen LogP contribution in [0.15, 0.2) is 24.3 Å². The van der Waals surface area contributed by atoms with Crippen molar-refractivity contribution in [1.29, 1.82) is 0 Å². The molecule has 0 aromatic heterocycles. The molecular formula is C13H15FN2O4. The Bertz CT molecular complexity index is 519. The fourth-order valence-electron chi connectivity index (χ4n) is 1.45. The molecule has 0 unspecified atom stereocenters. The first-order chi connectivity index (χ1) is 9.40. The van der Waals surface area contributed by atoms with Crippen LogP contribution in [-0.2, 0) is 16.1 Å². The Labute approximate surface area is 115 Å². The maximum absolute atomic E-state index is 13.4. The highest BCUT2D eigenvalue weighted by molar-refractivity contribution is 5.95. The van der Waals surface area contributed by atoms with E-state index in [1.807, 2.05) is 5.32 Å². The third-order valence-corrected chi connectivity index (χ3v) is 2.52. The van der Waals surface area contributed by atoms with Crippen molar-refractivity contribution >= 4 is 17.9 Å². The summed E-state index contributed by atoms with van der Waals surface area (Å²) in [6, 6.07) is 5.28. The van der Waals surface area contributed by atoms with E-state index in [1.54, 1.807) is 6.07 Å². The van der Waals surface area contributed by atoms with Gasteiger partial charge < -0.3 is 10.0 Å². The molecule has 108 valence electrons. The van der Waals surface area contributed by atoms with Gasteiger partial charge in [0.2, 0.25) is 5.91 Å². The van der Waals surface area contributed by atoms with Gasteiger partial charge in [0.1, 0.15) is 5.82 Å². The van der Waals surface area contributed by atoms with Gasteiger partial charge in [0.25, 0.3) is 0 Å². The lowest BCUT2D eigenvalue weighted by molar-refractivity contribution is -0.138. The molecule has 0 aliphatic rings. The van der Waals surface area contributed by atoms with Crippen LogP contribution in [0.2, 0.25) is 0 Å². The van der Waals surface area contributed by atoms with Crippen molar-refractivity contribution in [3.63, 3.8) is 0 Å². The lowest BCUT2D eigenvalue weighted by Gasteiger charge is -2.17. The number of urea groups is 1. The van der Waals surface area contributed by atoms with Gasteiger partial charge in [0, 0.05) is 25.6 Å². The largest absolute Gasteiger partial charge is 0.481 e. The van der Waals surface area contributed by atoms with Gasteiger partial charge in [-0.3, -0.25) is 14.9 Å². The van der Waals surface area contributed by atoms with Crippen LogP contribution in [0, 0.1) is 5.82 Å². The molecule has 1 rings (SSSR count). The van der Waals surface area contributed by atoms with Crippen LogP contribution in [0.25, 0.3) is 0 Å². The topological polar surface area (TPSA) is 86.7 Å².